The quantitative estimate of drug-likeness (QED) is 0.488. The molecule has 0 amide bonds. The summed E-state index contributed by atoms with van der Waals surface area (Å²) in [5.41, 5.74) is 1.10. The predicted molar refractivity (Wildman–Crippen MR) is 47.4 cm³/mol. The van der Waals surface area contributed by atoms with Crippen LogP contribution < -0.4 is 0 Å². The number of nitrogens with zero attached hydrogens (tertiary/aromatic N) is 1. The van der Waals surface area contributed by atoms with E-state index in [9.17, 15) is 0 Å². The second-order valence-electron chi connectivity index (χ2n) is 2.27. The monoisotopic (exact) mass is 146 g/mol. The summed E-state index contributed by atoms with van der Waals surface area (Å²) in [7, 11) is 0. The minimum atomic E-state index is 0.316. The lowest BCUT2D eigenvalue weighted by Gasteiger charge is -1.96. The van der Waals surface area contributed by atoms with Crippen LogP contribution in [0.15, 0.2) is 35.3 Å². The normalized spacial score (nSPS) is 9.09. The van der Waals surface area contributed by atoms with Gasteiger partial charge in [-0.1, -0.05) is 30.3 Å². The van der Waals surface area contributed by atoms with Gasteiger partial charge in [0.15, 0.2) is 0 Å². The molecule has 2 nitrogen and oxygen atoms in total. The first kappa shape index (κ1) is 7.66. The molecular weight excluding hydrogens is 136 g/mol. The van der Waals surface area contributed by atoms with Crippen molar-refractivity contribution in [2.75, 3.05) is 0 Å². The third-order valence-electron chi connectivity index (χ3n) is 1.41. The fourth-order valence-electron chi connectivity index (χ4n) is 0.845. The second-order valence-corrected chi connectivity index (χ2v) is 2.27. The molecule has 0 fully saturated rings. The highest BCUT2D eigenvalue weighted by molar-refractivity contribution is 5.85. The number of hydrogen-bond acceptors (Lipinski definition) is 1. The van der Waals surface area contributed by atoms with Crippen molar-refractivity contribution in [3.05, 3.63) is 35.9 Å². The Morgan fingerprint density at radius 2 is 2.00 bits per heavy atom. The molecule has 1 aromatic rings. The molecule has 0 heterocycles. The molecule has 0 unspecified atom stereocenters. The van der Waals surface area contributed by atoms with Crippen LogP contribution in [0, 0.1) is 5.41 Å². The molecule has 0 aliphatic heterocycles. The summed E-state index contributed by atoms with van der Waals surface area (Å²) >= 11 is 0. The van der Waals surface area contributed by atoms with E-state index in [0.29, 0.717) is 12.3 Å². The van der Waals surface area contributed by atoms with E-state index >= 15 is 0 Å². The third kappa shape index (κ3) is 2.34. The number of amidine groups is 1. The summed E-state index contributed by atoms with van der Waals surface area (Å²) in [4.78, 5) is 3.52. The summed E-state index contributed by atoms with van der Waals surface area (Å²) in [5.74, 6) is 0.316. The first-order chi connectivity index (χ1) is 5.33. The number of benzene rings is 1. The lowest BCUT2D eigenvalue weighted by atomic mass is 10.1. The maximum Gasteiger partial charge on any atom is 0.124 e. The Morgan fingerprint density at radius 3 is 2.55 bits per heavy atom. The lowest BCUT2D eigenvalue weighted by Crippen LogP contribution is -1.95. The molecule has 0 aromatic heterocycles. The summed E-state index contributed by atoms with van der Waals surface area (Å²) < 4.78 is 0. The number of aliphatic imine (C=N–C) groups is 1. The summed E-state index contributed by atoms with van der Waals surface area (Å²) in [5, 5.41) is 7.25. The SMILES string of the molecule is C=NC(=N)Cc1ccccc1. The van der Waals surface area contributed by atoms with E-state index in [1.54, 1.807) is 0 Å². The minimum Gasteiger partial charge on any atom is -0.286 e. The molecule has 0 spiro atoms. The van der Waals surface area contributed by atoms with Crippen LogP contribution >= 0.6 is 0 Å². The maximum atomic E-state index is 7.25. The molecule has 0 aliphatic rings. The van der Waals surface area contributed by atoms with Gasteiger partial charge in [-0.3, -0.25) is 5.41 Å². The first-order valence-corrected chi connectivity index (χ1v) is 3.41. The van der Waals surface area contributed by atoms with E-state index in [1.165, 1.54) is 0 Å². The van der Waals surface area contributed by atoms with Gasteiger partial charge in [-0.2, -0.15) is 0 Å². The number of rotatable bonds is 2. The molecular formula is C9H10N2. The van der Waals surface area contributed by atoms with Gasteiger partial charge in [0, 0.05) is 6.42 Å². The molecule has 2 heteroatoms. The van der Waals surface area contributed by atoms with Crippen molar-refractivity contribution in [3.63, 3.8) is 0 Å². The van der Waals surface area contributed by atoms with Gasteiger partial charge in [0.2, 0.25) is 0 Å². The van der Waals surface area contributed by atoms with Crippen molar-refractivity contribution in [3.8, 4) is 0 Å². The number of hydrogen-bond donors (Lipinski definition) is 1. The standard InChI is InChI=1S/C9H10N2/c1-11-9(10)7-8-5-3-2-4-6-8/h2-6,10H,1,7H2. The van der Waals surface area contributed by atoms with Gasteiger partial charge in [-0.15, -0.1) is 0 Å². The van der Waals surface area contributed by atoms with Gasteiger partial charge in [0.25, 0.3) is 0 Å². The molecule has 11 heavy (non-hydrogen) atoms. The van der Waals surface area contributed by atoms with Gasteiger partial charge in [0.05, 0.1) is 0 Å². The van der Waals surface area contributed by atoms with E-state index in [0.717, 1.165) is 5.56 Å². The largest absolute Gasteiger partial charge is 0.286 e. The molecule has 0 bridgehead atoms. The Labute approximate surface area is 66.1 Å². The zero-order chi connectivity index (χ0) is 8.10. The van der Waals surface area contributed by atoms with Crippen molar-refractivity contribution in [2.45, 2.75) is 6.42 Å². The van der Waals surface area contributed by atoms with Crippen LogP contribution in [0.4, 0.5) is 0 Å². The highest BCUT2D eigenvalue weighted by Gasteiger charge is 1.93. The summed E-state index contributed by atoms with van der Waals surface area (Å²) in [6, 6.07) is 9.80. The van der Waals surface area contributed by atoms with Crippen LogP contribution in [-0.4, -0.2) is 12.6 Å². The highest BCUT2D eigenvalue weighted by Crippen LogP contribution is 1.99. The zero-order valence-electron chi connectivity index (χ0n) is 6.25. The molecule has 0 saturated carbocycles. The van der Waals surface area contributed by atoms with Gasteiger partial charge in [-0.05, 0) is 12.3 Å². The van der Waals surface area contributed by atoms with Crippen molar-refractivity contribution in [1.29, 1.82) is 5.41 Å². The third-order valence-corrected chi connectivity index (χ3v) is 1.41. The second kappa shape index (κ2) is 3.66. The summed E-state index contributed by atoms with van der Waals surface area (Å²) in [6.45, 7) is 3.28. The zero-order valence-corrected chi connectivity index (χ0v) is 6.25. The van der Waals surface area contributed by atoms with E-state index in [-0.39, 0.29) is 0 Å². The summed E-state index contributed by atoms with van der Waals surface area (Å²) in [6.07, 6.45) is 0.574. The van der Waals surface area contributed by atoms with Crippen LogP contribution in [0.1, 0.15) is 5.56 Å². The highest BCUT2D eigenvalue weighted by atomic mass is 14.8. The van der Waals surface area contributed by atoms with Gasteiger partial charge in [-0.25, -0.2) is 4.99 Å². The van der Waals surface area contributed by atoms with E-state index in [2.05, 4.69) is 11.7 Å². The average Bonchev–Trinajstić information content (AvgIpc) is 2.06. The first-order valence-electron chi connectivity index (χ1n) is 3.41. The van der Waals surface area contributed by atoms with Crippen LogP contribution in [0.2, 0.25) is 0 Å². The van der Waals surface area contributed by atoms with E-state index in [1.807, 2.05) is 30.3 Å². The Morgan fingerprint density at radius 1 is 1.36 bits per heavy atom. The van der Waals surface area contributed by atoms with Crippen LogP contribution in [0.3, 0.4) is 0 Å². The predicted octanol–water partition coefficient (Wildman–Crippen LogP) is 1.91. The molecule has 0 atom stereocenters. The molecule has 1 rings (SSSR count). The van der Waals surface area contributed by atoms with Crippen LogP contribution in [0.5, 0.6) is 0 Å². The number of nitrogens with one attached hydrogen (secondary N) is 1. The van der Waals surface area contributed by atoms with Gasteiger partial charge >= 0.3 is 0 Å². The minimum absolute atomic E-state index is 0.316. The molecule has 1 N–H and O–H groups in total. The molecule has 1 aromatic carbocycles. The Kier molecular flexibility index (Phi) is 2.55. The fourth-order valence-corrected chi connectivity index (χ4v) is 0.845. The van der Waals surface area contributed by atoms with E-state index in [4.69, 9.17) is 5.41 Å². The Bertz CT molecular complexity index is 252. The van der Waals surface area contributed by atoms with E-state index < -0.39 is 0 Å². The Balaban J connectivity index is 2.65. The smallest absolute Gasteiger partial charge is 0.124 e. The lowest BCUT2D eigenvalue weighted by molar-refractivity contribution is 1.25. The molecule has 0 aliphatic carbocycles. The molecule has 56 valence electrons. The van der Waals surface area contributed by atoms with Crippen molar-refractivity contribution in [2.24, 2.45) is 4.99 Å². The average molecular weight is 146 g/mol. The van der Waals surface area contributed by atoms with Gasteiger partial charge in [0.1, 0.15) is 5.84 Å². The molecule has 0 saturated heterocycles. The molecule has 0 radical (unpaired) electrons. The van der Waals surface area contributed by atoms with Crippen LogP contribution in [-0.2, 0) is 6.42 Å². The fraction of sp³-hybridized carbons (Fsp3) is 0.111. The van der Waals surface area contributed by atoms with Gasteiger partial charge < -0.3 is 0 Å². The van der Waals surface area contributed by atoms with Crippen LogP contribution in [0.25, 0.3) is 0 Å². The maximum absolute atomic E-state index is 7.25. The van der Waals surface area contributed by atoms with Crippen molar-refractivity contribution >= 4 is 12.6 Å². The Hall–Kier alpha value is -1.44. The topological polar surface area (TPSA) is 36.2 Å². The van der Waals surface area contributed by atoms with Crippen molar-refractivity contribution in [1.82, 2.24) is 0 Å². The van der Waals surface area contributed by atoms with Crippen molar-refractivity contribution < 1.29 is 0 Å².